The van der Waals surface area contributed by atoms with Crippen molar-refractivity contribution < 1.29 is 32.5 Å². The van der Waals surface area contributed by atoms with Gasteiger partial charge in [-0.05, 0) is 18.9 Å². The molecule has 1 aliphatic heterocycles. The molecule has 2 atom stereocenters. The van der Waals surface area contributed by atoms with E-state index >= 15 is 0 Å². The highest BCUT2D eigenvalue weighted by atomic mass is 32.2. The predicted molar refractivity (Wildman–Crippen MR) is 118 cm³/mol. The zero-order valence-electron chi connectivity index (χ0n) is 17.3. The van der Waals surface area contributed by atoms with E-state index in [0.29, 0.717) is 24.3 Å². The van der Waals surface area contributed by atoms with Crippen LogP contribution >= 0.6 is 31.3 Å². The first-order chi connectivity index (χ1) is 14.7. The number of thioether (sulfide) groups is 2. The third kappa shape index (κ3) is 9.44. The highest BCUT2D eigenvalue weighted by molar-refractivity contribution is 8.13. The first kappa shape index (κ1) is 26.0. The van der Waals surface area contributed by atoms with Gasteiger partial charge in [-0.15, -0.1) is 0 Å². The lowest BCUT2D eigenvalue weighted by Gasteiger charge is -2.20. The molecule has 11 nitrogen and oxygen atoms in total. The second kappa shape index (κ2) is 12.7. The number of carbonyl (C=O) groups excluding carboxylic acids is 2. The molecule has 0 saturated carbocycles. The van der Waals surface area contributed by atoms with Crippen molar-refractivity contribution in [3.63, 3.8) is 0 Å². The number of rotatable bonds is 12. The molecule has 1 aromatic rings. The van der Waals surface area contributed by atoms with Crippen molar-refractivity contribution in [1.29, 1.82) is 0 Å². The summed E-state index contributed by atoms with van der Waals surface area (Å²) in [6.45, 7) is 2.74. The second-order valence-electron chi connectivity index (χ2n) is 6.42. The summed E-state index contributed by atoms with van der Waals surface area (Å²) in [6.07, 6.45) is 1.63. The van der Waals surface area contributed by atoms with Crippen LogP contribution in [0.25, 0.3) is 0 Å². The monoisotopic (exact) mass is 495 g/mol. The van der Waals surface area contributed by atoms with Crippen molar-refractivity contribution in [3.05, 3.63) is 22.7 Å². The van der Waals surface area contributed by atoms with Crippen molar-refractivity contribution >= 4 is 47.4 Å². The van der Waals surface area contributed by atoms with Crippen molar-refractivity contribution in [2.45, 2.75) is 39.0 Å². The molecular weight excluding hydrogens is 469 g/mol. The molecule has 2 N–H and O–H groups in total. The van der Waals surface area contributed by atoms with Gasteiger partial charge in [0.2, 0.25) is 0 Å². The number of aromatic nitrogens is 2. The Balaban J connectivity index is 1.88. The number of anilines is 1. The summed E-state index contributed by atoms with van der Waals surface area (Å²) in [4.78, 5) is 37.7. The zero-order chi connectivity index (χ0) is 22.9. The van der Waals surface area contributed by atoms with E-state index in [9.17, 15) is 18.9 Å². The Labute approximate surface area is 188 Å². The Morgan fingerprint density at radius 1 is 1.19 bits per heavy atom. The number of ether oxygens (including phenoxy) is 1. The predicted octanol–water partition coefficient (Wildman–Crippen LogP) is 2.22. The summed E-state index contributed by atoms with van der Waals surface area (Å²) in [5.41, 5.74) is 4.98. The molecule has 0 aromatic carbocycles. The maximum absolute atomic E-state index is 12.9. The summed E-state index contributed by atoms with van der Waals surface area (Å²) in [6, 6.07) is 1.50. The van der Waals surface area contributed by atoms with E-state index < -0.39 is 25.8 Å². The number of hydrogen-bond acceptors (Lipinski definition) is 12. The van der Waals surface area contributed by atoms with Crippen LogP contribution in [0.5, 0.6) is 0 Å². The number of nitrogen functional groups attached to an aromatic ring is 1. The zero-order valence-corrected chi connectivity index (χ0v) is 19.8. The summed E-state index contributed by atoms with van der Waals surface area (Å²) in [5.74, 6) is 0.715. The highest BCUT2D eigenvalue weighted by Gasteiger charge is 2.33. The van der Waals surface area contributed by atoms with E-state index in [0.717, 1.165) is 23.5 Å². The SMILES string of the molecule is CC(=O)SCCOP(=O)(OCCSC(C)=O)OC[C@@H]1CC[C@H](n2ccc(N)nc2=O)O1. The molecule has 0 amide bonds. The molecule has 14 heteroatoms. The maximum Gasteiger partial charge on any atom is 0.474 e. The van der Waals surface area contributed by atoms with E-state index in [-0.39, 0.29) is 35.9 Å². The van der Waals surface area contributed by atoms with Crippen LogP contribution < -0.4 is 11.4 Å². The van der Waals surface area contributed by atoms with Gasteiger partial charge in [0.05, 0.1) is 25.9 Å². The van der Waals surface area contributed by atoms with Gasteiger partial charge in [0, 0.05) is 31.6 Å². The van der Waals surface area contributed by atoms with Crippen molar-refractivity contribution in [2.75, 3.05) is 37.1 Å². The minimum atomic E-state index is -3.93. The van der Waals surface area contributed by atoms with Crippen LogP contribution in [0.4, 0.5) is 5.82 Å². The average Bonchev–Trinajstić information content (AvgIpc) is 3.16. The number of carbonyl (C=O) groups is 2. The van der Waals surface area contributed by atoms with E-state index in [1.807, 2.05) is 0 Å². The molecule has 2 heterocycles. The molecule has 174 valence electrons. The molecule has 0 unspecified atom stereocenters. The molecule has 2 rings (SSSR count). The first-order valence-electron chi connectivity index (χ1n) is 9.49. The number of phosphoric acid groups is 1. The van der Waals surface area contributed by atoms with Gasteiger partial charge in [-0.25, -0.2) is 9.36 Å². The topological polar surface area (TPSA) is 149 Å². The normalized spacial score (nSPS) is 18.9. The number of nitrogens with zero attached hydrogens (tertiary/aromatic N) is 2. The van der Waals surface area contributed by atoms with Crippen LogP contribution in [0.2, 0.25) is 0 Å². The van der Waals surface area contributed by atoms with Crippen LogP contribution in [-0.2, 0) is 32.5 Å². The molecule has 1 fully saturated rings. The fourth-order valence-corrected chi connectivity index (χ4v) is 4.97. The summed E-state index contributed by atoms with van der Waals surface area (Å²) in [5, 5.41) is -0.174. The minimum Gasteiger partial charge on any atom is -0.383 e. The molecule has 0 radical (unpaired) electrons. The quantitative estimate of drug-likeness (QED) is 0.335. The molecule has 0 bridgehead atoms. The summed E-state index contributed by atoms with van der Waals surface area (Å²) in [7, 11) is -3.93. The van der Waals surface area contributed by atoms with Gasteiger partial charge in [0.25, 0.3) is 0 Å². The van der Waals surface area contributed by atoms with Gasteiger partial charge in [0.1, 0.15) is 12.0 Å². The number of nitrogens with two attached hydrogens (primary N) is 1. The van der Waals surface area contributed by atoms with Crippen molar-refractivity contribution in [1.82, 2.24) is 9.55 Å². The van der Waals surface area contributed by atoms with Crippen LogP contribution in [0, 0.1) is 0 Å². The molecule has 0 aliphatic carbocycles. The molecular formula is C17H26N3O8PS2. The number of phosphoric ester groups is 1. The Bertz CT molecular complexity index is 842. The Kier molecular flexibility index (Phi) is 10.7. The second-order valence-corrected chi connectivity index (χ2v) is 10.6. The largest absolute Gasteiger partial charge is 0.474 e. The third-order valence-corrected chi connectivity index (χ3v) is 6.96. The molecule has 1 aromatic heterocycles. The Morgan fingerprint density at radius 3 is 2.35 bits per heavy atom. The summed E-state index contributed by atoms with van der Waals surface area (Å²) < 4.78 is 36.1. The number of hydrogen-bond donors (Lipinski definition) is 1. The van der Waals surface area contributed by atoms with Crippen LogP contribution in [0.3, 0.4) is 0 Å². The van der Waals surface area contributed by atoms with Crippen LogP contribution in [-0.4, -0.2) is 57.2 Å². The minimum absolute atomic E-state index is 0.0119. The van der Waals surface area contributed by atoms with E-state index in [1.165, 1.54) is 30.7 Å². The lowest BCUT2D eigenvalue weighted by molar-refractivity contribution is -0.109. The van der Waals surface area contributed by atoms with Gasteiger partial charge in [-0.3, -0.25) is 27.7 Å². The fourth-order valence-electron chi connectivity index (χ4n) is 2.61. The lowest BCUT2D eigenvalue weighted by atomic mass is 10.2. The Hall–Kier alpha value is -1.21. The fraction of sp³-hybridized carbons (Fsp3) is 0.647. The van der Waals surface area contributed by atoms with Gasteiger partial charge in [0.15, 0.2) is 10.2 Å². The summed E-state index contributed by atoms with van der Waals surface area (Å²) >= 11 is 2.06. The highest BCUT2D eigenvalue weighted by Crippen LogP contribution is 2.50. The van der Waals surface area contributed by atoms with E-state index in [1.54, 1.807) is 0 Å². The van der Waals surface area contributed by atoms with Crippen molar-refractivity contribution in [2.24, 2.45) is 0 Å². The van der Waals surface area contributed by atoms with Crippen molar-refractivity contribution in [3.8, 4) is 0 Å². The smallest absolute Gasteiger partial charge is 0.383 e. The van der Waals surface area contributed by atoms with Gasteiger partial charge >= 0.3 is 13.5 Å². The lowest BCUT2D eigenvalue weighted by Crippen LogP contribution is -2.27. The molecule has 1 saturated heterocycles. The Morgan fingerprint density at radius 2 is 1.81 bits per heavy atom. The first-order valence-corrected chi connectivity index (χ1v) is 12.9. The van der Waals surface area contributed by atoms with E-state index in [4.69, 9.17) is 24.0 Å². The van der Waals surface area contributed by atoms with Gasteiger partial charge in [-0.2, -0.15) is 4.98 Å². The van der Waals surface area contributed by atoms with Gasteiger partial charge < -0.3 is 10.5 Å². The van der Waals surface area contributed by atoms with Crippen LogP contribution in [0.15, 0.2) is 17.1 Å². The average molecular weight is 496 g/mol. The standard InChI is InChI=1S/C17H26N3O8PS2/c1-12(21)30-9-7-25-29(24,26-8-10-31-13(2)22)27-11-14-3-4-16(28-14)20-6-5-15(18)19-17(20)23/h5-6,14,16H,3-4,7-11H2,1-2H3,(H2,18,19,23)/t14-,16+/m0/s1. The van der Waals surface area contributed by atoms with Crippen LogP contribution in [0.1, 0.15) is 32.9 Å². The maximum atomic E-state index is 12.9. The van der Waals surface area contributed by atoms with Gasteiger partial charge in [-0.1, -0.05) is 23.5 Å². The molecule has 31 heavy (non-hydrogen) atoms. The molecule has 1 aliphatic rings. The molecule has 0 spiro atoms. The third-order valence-electron chi connectivity index (χ3n) is 3.94. The van der Waals surface area contributed by atoms with E-state index in [2.05, 4.69) is 4.98 Å².